The van der Waals surface area contributed by atoms with Gasteiger partial charge in [-0.2, -0.15) is 0 Å². The van der Waals surface area contributed by atoms with Gasteiger partial charge in [0, 0.05) is 0 Å². The van der Waals surface area contributed by atoms with E-state index in [0.29, 0.717) is 0 Å². The standard InChI is InChI=1S/C7H6O3.In.3H/c8-6-4-2-1-3-5(6)7(9)10;;;;/h1-4,8H,(H,9,10);;;;. The molecule has 0 aliphatic carbocycles. The van der Waals surface area contributed by atoms with Crippen molar-refractivity contribution in [2.24, 2.45) is 0 Å². The quantitative estimate of drug-likeness (QED) is 0.738. The van der Waals surface area contributed by atoms with Crippen LogP contribution in [0.5, 0.6) is 5.75 Å². The van der Waals surface area contributed by atoms with Crippen LogP contribution in [0.4, 0.5) is 0 Å². The van der Waals surface area contributed by atoms with Gasteiger partial charge in [-0.1, -0.05) is 12.1 Å². The van der Waals surface area contributed by atoms with Crippen LogP contribution < -0.4 is 0 Å². The van der Waals surface area contributed by atoms with Gasteiger partial charge in [0.05, 0.1) is 0 Å². The van der Waals surface area contributed by atoms with Crippen molar-refractivity contribution in [1.82, 2.24) is 0 Å². The van der Waals surface area contributed by atoms with Crippen LogP contribution in [0, 0.1) is 0 Å². The van der Waals surface area contributed by atoms with E-state index in [2.05, 4.69) is 0 Å². The fraction of sp³-hybridized carbons (Fsp3) is 0. The van der Waals surface area contributed by atoms with Crippen LogP contribution in [-0.4, -0.2) is 42.0 Å². The van der Waals surface area contributed by atoms with E-state index in [0.717, 1.165) is 0 Å². The van der Waals surface area contributed by atoms with Gasteiger partial charge in [-0.15, -0.1) is 0 Å². The summed E-state index contributed by atoms with van der Waals surface area (Å²) in [4.78, 5) is 10.3. The van der Waals surface area contributed by atoms with Crippen molar-refractivity contribution < 1.29 is 15.0 Å². The first-order valence-corrected chi connectivity index (χ1v) is 2.73. The predicted octanol–water partition coefficient (Wildman–Crippen LogP) is -0.0935. The SMILES string of the molecule is O=C(O)c1ccccc1O.[InH3]. The molecule has 0 spiro atoms. The first-order valence-electron chi connectivity index (χ1n) is 2.73. The fourth-order valence-electron chi connectivity index (χ4n) is 0.654. The van der Waals surface area contributed by atoms with E-state index in [1.165, 1.54) is 12.1 Å². The van der Waals surface area contributed by atoms with Crippen LogP contribution in [0.15, 0.2) is 24.3 Å². The topological polar surface area (TPSA) is 57.5 Å². The Morgan fingerprint density at radius 1 is 1.27 bits per heavy atom. The molecule has 0 aliphatic heterocycles. The molecule has 58 valence electrons. The third kappa shape index (κ3) is 2.46. The molecule has 3 nitrogen and oxygen atoms in total. The number of carboxylic acids is 1. The van der Waals surface area contributed by atoms with Crippen molar-refractivity contribution in [1.29, 1.82) is 0 Å². The molecule has 0 fully saturated rings. The van der Waals surface area contributed by atoms with Crippen molar-refractivity contribution in [2.45, 2.75) is 0 Å². The molecule has 2 N–H and O–H groups in total. The molecule has 0 heterocycles. The minimum absolute atomic E-state index is 0. The summed E-state index contributed by atoms with van der Waals surface area (Å²) in [7, 11) is 0. The molecule has 0 amide bonds. The van der Waals surface area contributed by atoms with Crippen molar-refractivity contribution in [2.75, 3.05) is 0 Å². The van der Waals surface area contributed by atoms with E-state index in [-0.39, 0.29) is 37.2 Å². The van der Waals surface area contributed by atoms with Crippen LogP contribution in [0.2, 0.25) is 0 Å². The normalized spacial score (nSPS) is 8.36. The van der Waals surface area contributed by atoms with Gasteiger partial charge in [-0.25, -0.2) is 4.79 Å². The van der Waals surface area contributed by atoms with Gasteiger partial charge >= 0.3 is 31.8 Å². The molecule has 0 atom stereocenters. The Labute approximate surface area is 82.5 Å². The Bertz CT molecular complexity index is 260. The summed E-state index contributed by atoms with van der Waals surface area (Å²) in [6.45, 7) is 0. The third-order valence-corrected chi connectivity index (χ3v) is 1.13. The second-order valence-electron chi connectivity index (χ2n) is 1.82. The van der Waals surface area contributed by atoms with Gasteiger partial charge in [-0.3, -0.25) is 0 Å². The molecule has 0 aromatic heterocycles. The number of rotatable bonds is 1. The Kier molecular flexibility index (Phi) is 4.03. The zero-order valence-corrected chi connectivity index (χ0v) is 5.11. The third-order valence-electron chi connectivity index (χ3n) is 1.13. The minimum atomic E-state index is -1.11. The summed E-state index contributed by atoms with van der Waals surface area (Å²) in [5.74, 6) is -1.31. The molecule has 0 saturated heterocycles. The van der Waals surface area contributed by atoms with Gasteiger partial charge in [0.2, 0.25) is 0 Å². The summed E-state index contributed by atoms with van der Waals surface area (Å²) in [5, 5.41) is 17.3. The van der Waals surface area contributed by atoms with Crippen molar-refractivity contribution >= 4 is 31.8 Å². The Morgan fingerprint density at radius 3 is 2.18 bits per heavy atom. The van der Waals surface area contributed by atoms with Crippen LogP contribution in [-0.2, 0) is 0 Å². The number of aromatic hydroxyl groups is 1. The zero-order valence-electron chi connectivity index (χ0n) is 5.11. The first kappa shape index (κ1) is 10.4. The van der Waals surface area contributed by atoms with Gasteiger partial charge in [0.1, 0.15) is 11.3 Å². The molecule has 1 aromatic carbocycles. The molecule has 0 bridgehead atoms. The number of phenols is 1. The van der Waals surface area contributed by atoms with Crippen molar-refractivity contribution in [3.8, 4) is 5.75 Å². The molecular formula is C7H9InO3. The average molecular weight is 256 g/mol. The maximum absolute atomic E-state index is 10.3. The van der Waals surface area contributed by atoms with E-state index < -0.39 is 5.97 Å². The summed E-state index contributed by atoms with van der Waals surface area (Å²) in [6.07, 6.45) is 0. The second-order valence-corrected chi connectivity index (χ2v) is 1.82. The fourth-order valence-corrected chi connectivity index (χ4v) is 0.654. The van der Waals surface area contributed by atoms with E-state index >= 15 is 0 Å². The van der Waals surface area contributed by atoms with Gasteiger partial charge in [-0.05, 0) is 12.1 Å². The van der Waals surface area contributed by atoms with Crippen LogP contribution >= 0.6 is 0 Å². The average Bonchev–Trinajstić information content (AvgIpc) is 1.88. The van der Waals surface area contributed by atoms with E-state index in [9.17, 15) is 4.79 Å². The number of hydrogen-bond acceptors (Lipinski definition) is 2. The molecular weight excluding hydrogens is 247 g/mol. The Hall–Kier alpha value is -0.640. The Balaban J connectivity index is 0.000001000. The Morgan fingerprint density at radius 2 is 1.82 bits per heavy atom. The predicted molar refractivity (Wildman–Crippen MR) is 45.0 cm³/mol. The number of hydrogen-bond donors (Lipinski definition) is 2. The van der Waals surface area contributed by atoms with Crippen LogP contribution in [0.25, 0.3) is 0 Å². The van der Waals surface area contributed by atoms with Crippen LogP contribution in [0.1, 0.15) is 10.4 Å². The van der Waals surface area contributed by atoms with Crippen molar-refractivity contribution in [3.63, 3.8) is 0 Å². The number of para-hydroxylation sites is 1. The molecule has 0 unspecified atom stereocenters. The molecule has 1 aromatic rings. The van der Waals surface area contributed by atoms with Gasteiger partial charge in [0.25, 0.3) is 0 Å². The molecule has 4 heteroatoms. The maximum atomic E-state index is 10.3. The number of aromatic carboxylic acids is 1. The van der Waals surface area contributed by atoms with Crippen LogP contribution in [0.3, 0.4) is 0 Å². The second kappa shape index (κ2) is 4.28. The van der Waals surface area contributed by atoms with Gasteiger partial charge in [0.15, 0.2) is 0 Å². The van der Waals surface area contributed by atoms with Gasteiger partial charge < -0.3 is 10.2 Å². The summed E-state index contributed by atoms with van der Waals surface area (Å²) < 4.78 is 0. The summed E-state index contributed by atoms with van der Waals surface area (Å²) in [5.41, 5.74) is -0.0671. The van der Waals surface area contributed by atoms with E-state index in [1.54, 1.807) is 12.1 Å². The molecule has 1 rings (SSSR count). The zero-order chi connectivity index (χ0) is 7.56. The van der Waals surface area contributed by atoms with E-state index in [4.69, 9.17) is 10.2 Å². The summed E-state index contributed by atoms with van der Waals surface area (Å²) >= 11 is 0. The number of benzene rings is 1. The first-order chi connectivity index (χ1) is 4.72. The molecule has 0 saturated carbocycles. The number of carboxylic acid groups (broad SMARTS) is 1. The molecule has 0 radical (unpaired) electrons. The molecule has 0 aliphatic rings. The number of carbonyl (C=O) groups is 1. The van der Waals surface area contributed by atoms with E-state index in [1.807, 2.05) is 0 Å². The molecule has 11 heavy (non-hydrogen) atoms. The monoisotopic (exact) mass is 256 g/mol. The van der Waals surface area contributed by atoms with Crippen molar-refractivity contribution in [3.05, 3.63) is 29.8 Å². The summed E-state index contributed by atoms with van der Waals surface area (Å²) in [6, 6.07) is 5.81.